The van der Waals surface area contributed by atoms with Crippen LogP contribution in [0.3, 0.4) is 0 Å². The predicted molar refractivity (Wildman–Crippen MR) is 216 cm³/mol. The molecule has 10 atom stereocenters. The summed E-state index contributed by atoms with van der Waals surface area (Å²) in [5.74, 6) is -2.49. The highest BCUT2D eigenvalue weighted by Crippen LogP contribution is 2.34. The zero-order valence-corrected chi connectivity index (χ0v) is 38.8. The summed E-state index contributed by atoms with van der Waals surface area (Å²) >= 11 is 0. The number of rotatable bonds is 12. The lowest BCUT2D eigenvalue weighted by Crippen LogP contribution is -2.42. The Kier molecular flexibility index (Phi) is 20.2. The molecule has 10 unspecified atom stereocenters. The first kappa shape index (κ1) is 53.8. The van der Waals surface area contributed by atoms with Gasteiger partial charge in [0.25, 0.3) is 0 Å². The van der Waals surface area contributed by atoms with Gasteiger partial charge in [-0.05, 0) is 94.9 Å². The van der Waals surface area contributed by atoms with Crippen LogP contribution in [0, 0.1) is 22.7 Å². The maximum Gasteiger partial charge on any atom is 0.312 e. The molecule has 0 radical (unpaired) electrons. The number of hydrogen-bond donors (Lipinski definition) is 0. The number of ether oxygens (including phenoxy) is 8. The Morgan fingerprint density at radius 2 is 0.950 bits per heavy atom. The fraction of sp³-hybridized carbons (Fsp3) is 0.818. The van der Waals surface area contributed by atoms with E-state index in [1.165, 1.54) is 0 Å². The van der Waals surface area contributed by atoms with Gasteiger partial charge < -0.3 is 37.9 Å². The van der Waals surface area contributed by atoms with Crippen molar-refractivity contribution in [3.63, 3.8) is 0 Å². The van der Waals surface area contributed by atoms with Crippen LogP contribution in [0.25, 0.3) is 0 Å². The number of carbonyl (C=O) groups is 8. The van der Waals surface area contributed by atoms with Crippen LogP contribution in [-0.4, -0.2) is 95.6 Å². The van der Waals surface area contributed by atoms with Crippen molar-refractivity contribution in [3.05, 3.63) is 0 Å². The largest absolute Gasteiger partial charge is 0.459 e. The molecule has 16 heteroatoms. The number of carbonyl (C=O) groups excluding carboxylic acids is 8. The third kappa shape index (κ3) is 15.7. The van der Waals surface area contributed by atoms with E-state index in [0.29, 0.717) is 12.8 Å². The van der Waals surface area contributed by atoms with Gasteiger partial charge in [0.05, 0.1) is 48.3 Å². The average molecular weight is 857 g/mol. The topological polar surface area (TPSA) is 210 Å². The molecular weight excluding hydrogens is 784 g/mol. The standard InChI is InChI=1S/C12H20O4.2C11H18O4.C10H16O4/c1-6-11(3,4)10(14)16-12(5)7-9(13)15-8(12)2;1-5-11(3,4)10(13)15-8-6-9(12)14-7(8)2;1-5-7(2)10(13)15-11(4)6-9(12)14-8(11)3;1-4-6(2)10(12)14-8-5-9(11)13-7(8)3/h8H,6-7H2,1-5H3;2*7-8H,5-6H2,1-4H3;6-8H,4-5H2,1-3H3. The molecule has 4 saturated heterocycles. The summed E-state index contributed by atoms with van der Waals surface area (Å²) in [6.07, 6.45) is 1.34. The van der Waals surface area contributed by atoms with Crippen molar-refractivity contribution < 1.29 is 76.3 Å². The van der Waals surface area contributed by atoms with E-state index in [-0.39, 0.29) is 110 Å². The quantitative estimate of drug-likeness (QED) is 0.148. The summed E-state index contributed by atoms with van der Waals surface area (Å²) < 4.78 is 41.0. The minimum atomic E-state index is -0.819. The number of esters is 8. The van der Waals surface area contributed by atoms with Crippen LogP contribution in [0.15, 0.2) is 0 Å². The molecule has 0 spiro atoms. The van der Waals surface area contributed by atoms with Crippen molar-refractivity contribution in [3.8, 4) is 0 Å². The molecule has 60 heavy (non-hydrogen) atoms. The van der Waals surface area contributed by atoms with Crippen molar-refractivity contribution in [1.29, 1.82) is 0 Å². The zero-order chi connectivity index (χ0) is 46.6. The van der Waals surface area contributed by atoms with Gasteiger partial charge in [-0.15, -0.1) is 0 Å². The lowest BCUT2D eigenvalue weighted by molar-refractivity contribution is -0.174. The van der Waals surface area contributed by atoms with Crippen LogP contribution >= 0.6 is 0 Å². The normalized spacial score (nSPS) is 29.3. The summed E-state index contributed by atoms with van der Waals surface area (Å²) in [6, 6.07) is 0. The van der Waals surface area contributed by atoms with E-state index < -0.39 is 34.2 Å². The van der Waals surface area contributed by atoms with Gasteiger partial charge >= 0.3 is 47.8 Å². The van der Waals surface area contributed by atoms with Crippen molar-refractivity contribution >= 4 is 47.8 Å². The number of cyclic esters (lactones) is 4. The van der Waals surface area contributed by atoms with E-state index in [2.05, 4.69) is 0 Å². The molecular formula is C44H72O16. The second-order valence-electron chi connectivity index (χ2n) is 17.9. The summed E-state index contributed by atoms with van der Waals surface area (Å²) in [4.78, 5) is 90.7. The van der Waals surface area contributed by atoms with Gasteiger partial charge in [-0.3, -0.25) is 38.4 Å². The Morgan fingerprint density at radius 3 is 1.28 bits per heavy atom. The van der Waals surface area contributed by atoms with E-state index in [9.17, 15) is 38.4 Å². The lowest BCUT2D eigenvalue weighted by atomic mass is 9.89. The second kappa shape index (κ2) is 22.6. The molecule has 4 aliphatic heterocycles. The summed E-state index contributed by atoms with van der Waals surface area (Å²) in [5.41, 5.74) is -2.63. The molecule has 0 aliphatic carbocycles. The fourth-order valence-corrected chi connectivity index (χ4v) is 5.29. The van der Waals surface area contributed by atoms with Gasteiger partial charge in [0.1, 0.15) is 36.6 Å². The van der Waals surface area contributed by atoms with Gasteiger partial charge in [0.2, 0.25) is 0 Å². The zero-order valence-electron chi connectivity index (χ0n) is 38.8. The monoisotopic (exact) mass is 856 g/mol. The van der Waals surface area contributed by atoms with E-state index >= 15 is 0 Å². The SMILES string of the molecule is CCC(C)(C)C(=O)OC1(C)CC(=O)OC1C.CCC(C)(C)C(=O)OC1CC(=O)OC1C.CCC(C)C(=O)OC1(C)CC(=O)OC1C.CCC(C)C(=O)OC1CC(=O)OC1C. The van der Waals surface area contributed by atoms with Gasteiger partial charge in [0, 0.05) is 0 Å². The Balaban J connectivity index is 0.000000400. The fourth-order valence-electron chi connectivity index (χ4n) is 5.29. The van der Waals surface area contributed by atoms with Gasteiger partial charge in [0.15, 0.2) is 11.2 Å². The first-order valence-electron chi connectivity index (χ1n) is 21.2. The third-order valence-corrected chi connectivity index (χ3v) is 11.8. The molecule has 0 N–H and O–H groups in total. The summed E-state index contributed by atoms with van der Waals surface area (Å²) in [5, 5.41) is 0. The molecule has 0 aromatic heterocycles. The minimum absolute atomic E-state index is 0.113. The molecule has 0 aromatic rings. The van der Waals surface area contributed by atoms with Crippen LogP contribution < -0.4 is 0 Å². The molecule has 16 nitrogen and oxygen atoms in total. The van der Waals surface area contributed by atoms with E-state index in [1.807, 2.05) is 69.2 Å². The number of hydrogen-bond acceptors (Lipinski definition) is 16. The van der Waals surface area contributed by atoms with Crippen molar-refractivity contribution in [1.82, 2.24) is 0 Å². The van der Waals surface area contributed by atoms with Crippen molar-refractivity contribution in [2.24, 2.45) is 22.7 Å². The van der Waals surface area contributed by atoms with Crippen LogP contribution in [-0.2, 0) is 76.3 Å². The van der Waals surface area contributed by atoms with Crippen molar-refractivity contribution in [2.75, 3.05) is 0 Å². The van der Waals surface area contributed by atoms with Crippen LogP contribution in [0.1, 0.15) is 162 Å². The first-order valence-corrected chi connectivity index (χ1v) is 21.2. The van der Waals surface area contributed by atoms with Crippen molar-refractivity contribution in [2.45, 2.75) is 210 Å². The highest BCUT2D eigenvalue weighted by molar-refractivity contribution is 5.80. The maximum absolute atomic E-state index is 11.9. The molecule has 4 fully saturated rings. The molecule has 4 rings (SSSR count). The Bertz CT molecular complexity index is 1540. The van der Waals surface area contributed by atoms with Crippen LogP contribution in [0.5, 0.6) is 0 Å². The smallest absolute Gasteiger partial charge is 0.312 e. The molecule has 0 amide bonds. The van der Waals surface area contributed by atoms with Crippen LogP contribution in [0.4, 0.5) is 0 Å². The van der Waals surface area contributed by atoms with Crippen LogP contribution in [0.2, 0.25) is 0 Å². The highest BCUT2D eigenvalue weighted by Gasteiger charge is 2.48. The van der Waals surface area contributed by atoms with E-state index in [1.54, 1.807) is 41.5 Å². The molecule has 0 saturated carbocycles. The van der Waals surface area contributed by atoms with E-state index in [4.69, 9.17) is 37.9 Å². The molecule has 0 bridgehead atoms. The van der Waals surface area contributed by atoms with Gasteiger partial charge in [-0.2, -0.15) is 0 Å². The molecule has 4 aliphatic rings. The van der Waals surface area contributed by atoms with Gasteiger partial charge in [-0.25, -0.2) is 0 Å². The second-order valence-corrected chi connectivity index (χ2v) is 17.9. The Labute approximate surface area is 356 Å². The predicted octanol–water partition coefficient (Wildman–Crippen LogP) is 6.68. The highest BCUT2D eigenvalue weighted by atomic mass is 16.6. The first-order chi connectivity index (χ1) is 27.5. The summed E-state index contributed by atoms with van der Waals surface area (Å²) in [7, 11) is 0. The van der Waals surface area contributed by atoms with Gasteiger partial charge in [-0.1, -0.05) is 41.5 Å². The summed E-state index contributed by atoms with van der Waals surface area (Å²) in [6.45, 7) is 29.1. The molecule has 344 valence electrons. The Hall–Kier alpha value is -4.24. The molecule has 4 heterocycles. The lowest BCUT2D eigenvalue weighted by Gasteiger charge is -2.30. The van der Waals surface area contributed by atoms with E-state index in [0.717, 1.165) is 12.8 Å². The third-order valence-electron chi connectivity index (χ3n) is 11.8. The minimum Gasteiger partial charge on any atom is -0.459 e. The molecule has 0 aromatic carbocycles. The maximum atomic E-state index is 11.9. The average Bonchev–Trinajstić information content (AvgIpc) is 3.82. The Morgan fingerprint density at radius 1 is 0.583 bits per heavy atom.